The molecule has 0 radical (unpaired) electrons. The number of carbonyl (C=O) groups is 1. The summed E-state index contributed by atoms with van der Waals surface area (Å²) in [4.78, 5) is 15.4. The number of fused-ring (bicyclic) bond motifs is 1. The maximum absolute atomic E-state index is 10.9. The molecule has 0 fully saturated rings. The molecule has 0 bridgehead atoms. The molecule has 5 heteroatoms. The van der Waals surface area contributed by atoms with Crippen LogP contribution < -0.4 is 0 Å². The monoisotopic (exact) mass is 237 g/mol. The van der Waals surface area contributed by atoms with Gasteiger partial charge in [0.2, 0.25) is 0 Å². The first-order valence-electron chi connectivity index (χ1n) is 6.00. The summed E-state index contributed by atoms with van der Waals surface area (Å²) in [5.74, 6) is 0.632. The van der Waals surface area contributed by atoms with Crippen molar-refractivity contribution in [1.29, 1.82) is 0 Å². The van der Waals surface area contributed by atoms with Gasteiger partial charge >= 0.3 is 5.97 Å². The number of hydrogen-bond donors (Lipinski definition) is 1. The summed E-state index contributed by atoms with van der Waals surface area (Å²) in [5, 5.41) is 13.4. The van der Waals surface area contributed by atoms with Gasteiger partial charge in [0.15, 0.2) is 5.82 Å². The van der Waals surface area contributed by atoms with E-state index >= 15 is 0 Å². The van der Waals surface area contributed by atoms with Crippen molar-refractivity contribution < 1.29 is 9.90 Å². The Balaban J connectivity index is 2.15. The van der Waals surface area contributed by atoms with E-state index in [1.54, 1.807) is 0 Å². The minimum Gasteiger partial charge on any atom is -0.481 e. The molecule has 5 nitrogen and oxygen atoms in total. The van der Waals surface area contributed by atoms with Gasteiger partial charge in [-0.3, -0.25) is 4.79 Å². The molecule has 1 aromatic rings. The molecular formula is C12H19N3O2. The highest BCUT2D eigenvalue weighted by atomic mass is 16.4. The lowest BCUT2D eigenvalue weighted by atomic mass is 9.92. The molecule has 0 saturated carbocycles. The lowest BCUT2D eigenvalue weighted by Crippen LogP contribution is -2.26. The fourth-order valence-electron chi connectivity index (χ4n) is 2.12. The van der Waals surface area contributed by atoms with Gasteiger partial charge in [-0.2, -0.15) is 5.10 Å². The largest absolute Gasteiger partial charge is 0.481 e. The Hall–Kier alpha value is -1.39. The summed E-state index contributed by atoms with van der Waals surface area (Å²) in [6.07, 6.45) is 1.98. The van der Waals surface area contributed by atoms with Crippen LogP contribution >= 0.6 is 0 Å². The second kappa shape index (κ2) is 4.13. The van der Waals surface area contributed by atoms with Gasteiger partial charge in [-0.1, -0.05) is 20.8 Å². The smallest absolute Gasteiger partial charge is 0.307 e. The first kappa shape index (κ1) is 12.1. The molecule has 1 aliphatic rings. The molecule has 94 valence electrons. The van der Waals surface area contributed by atoms with Gasteiger partial charge in [0.05, 0.1) is 5.92 Å². The van der Waals surface area contributed by atoms with E-state index in [4.69, 9.17) is 5.11 Å². The number of carboxylic acids is 1. The molecule has 1 atom stereocenters. The van der Waals surface area contributed by atoms with Crippen LogP contribution in [0.1, 0.15) is 38.8 Å². The van der Waals surface area contributed by atoms with Crippen molar-refractivity contribution in [2.24, 2.45) is 11.3 Å². The Morgan fingerprint density at radius 3 is 2.82 bits per heavy atom. The number of aromatic nitrogens is 3. The zero-order valence-electron chi connectivity index (χ0n) is 10.6. The SMILES string of the molecule is CC(C)(C)Cc1nc2n(n1)CCC(C(=O)O)C2. The quantitative estimate of drug-likeness (QED) is 0.846. The highest BCUT2D eigenvalue weighted by Crippen LogP contribution is 2.22. The Bertz CT molecular complexity index is 431. The molecule has 0 aromatic carbocycles. The fourth-order valence-corrected chi connectivity index (χ4v) is 2.12. The van der Waals surface area contributed by atoms with E-state index in [0.29, 0.717) is 19.4 Å². The third-order valence-electron chi connectivity index (χ3n) is 2.95. The van der Waals surface area contributed by atoms with Gasteiger partial charge in [-0.25, -0.2) is 9.67 Å². The van der Waals surface area contributed by atoms with Crippen LogP contribution in [0.25, 0.3) is 0 Å². The van der Waals surface area contributed by atoms with Crippen LogP contribution in [0.5, 0.6) is 0 Å². The predicted molar refractivity (Wildman–Crippen MR) is 62.6 cm³/mol. The van der Waals surface area contributed by atoms with Crippen LogP contribution in [0.3, 0.4) is 0 Å². The zero-order chi connectivity index (χ0) is 12.6. The Kier molecular flexibility index (Phi) is 2.93. The molecule has 17 heavy (non-hydrogen) atoms. The van der Waals surface area contributed by atoms with Crippen molar-refractivity contribution in [2.45, 2.75) is 46.6 Å². The lowest BCUT2D eigenvalue weighted by molar-refractivity contribution is -0.142. The molecular weight excluding hydrogens is 218 g/mol. The first-order chi connectivity index (χ1) is 7.85. The average molecular weight is 237 g/mol. The van der Waals surface area contributed by atoms with E-state index in [9.17, 15) is 4.79 Å². The number of carboxylic acid groups (broad SMARTS) is 1. The number of aryl methyl sites for hydroxylation is 1. The van der Waals surface area contributed by atoms with Crippen LogP contribution in [-0.4, -0.2) is 25.8 Å². The Labute approximate surface area is 101 Å². The van der Waals surface area contributed by atoms with E-state index < -0.39 is 5.97 Å². The maximum atomic E-state index is 10.9. The molecule has 1 unspecified atom stereocenters. The maximum Gasteiger partial charge on any atom is 0.307 e. The molecule has 0 amide bonds. The summed E-state index contributed by atoms with van der Waals surface area (Å²) in [6, 6.07) is 0. The van der Waals surface area contributed by atoms with Crippen molar-refractivity contribution in [3.63, 3.8) is 0 Å². The van der Waals surface area contributed by atoms with Gasteiger partial charge in [0.25, 0.3) is 0 Å². The minimum atomic E-state index is -0.725. The summed E-state index contributed by atoms with van der Waals surface area (Å²) in [5.41, 5.74) is 0.156. The van der Waals surface area contributed by atoms with Crippen LogP contribution in [-0.2, 0) is 24.2 Å². The third kappa shape index (κ3) is 2.84. The normalized spacial score (nSPS) is 20.1. The molecule has 0 saturated heterocycles. The van der Waals surface area contributed by atoms with Gasteiger partial charge in [-0.15, -0.1) is 0 Å². The standard InChI is InChI=1S/C12H19N3O2/c1-12(2,3)7-9-13-10-6-8(11(16)17)4-5-15(10)14-9/h8H,4-7H2,1-3H3,(H,16,17). The lowest BCUT2D eigenvalue weighted by Gasteiger charge is -2.17. The summed E-state index contributed by atoms with van der Waals surface area (Å²) >= 11 is 0. The van der Waals surface area contributed by atoms with Gasteiger partial charge in [0, 0.05) is 19.4 Å². The van der Waals surface area contributed by atoms with E-state index in [0.717, 1.165) is 18.1 Å². The third-order valence-corrected chi connectivity index (χ3v) is 2.95. The highest BCUT2D eigenvalue weighted by Gasteiger charge is 2.27. The molecule has 0 aliphatic carbocycles. The van der Waals surface area contributed by atoms with Crippen LogP contribution in [0, 0.1) is 11.3 Å². The Morgan fingerprint density at radius 2 is 2.24 bits per heavy atom. The first-order valence-corrected chi connectivity index (χ1v) is 6.00. The van der Waals surface area contributed by atoms with Crippen LogP contribution in [0.15, 0.2) is 0 Å². The second-order valence-electron chi connectivity index (χ2n) is 5.93. The number of nitrogens with zero attached hydrogens (tertiary/aromatic N) is 3. The number of rotatable bonds is 2. The molecule has 0 spiro atoms. The number of hydrogen-bond acceptors (Lipinski definition) is 3. The van der Waals surface area contributed by atoms with Crippen LogP contribution in [0.4, 0.5) is 0 Å². The average Bonchev–Trinajstić information content (AvgIpc) is 2.54. The summed E-state index contributed by atoms with van der Waals surface area (Å²) in [7, 11) is 0. The number of aliphatic carboxylic acids is 1. The van der Waals surface area contributed by atoms with Gasteiger partial charge in [0.1, 0.15) is 5.82 Å². The van der Waals surface area contributed by atoms with E-state index in [1.165, 1.54) is 0 Å². The summed E-state index contributed by atoms with van der Waals surface area (Å²) < 4.78 is 1.86. The molecule has 2 rings (SSSR count). The summed E-state index contributed by atoms with van der Waals surface area (Å²) in [6.45, 7) is 7.11. The van der Waals surface area contributed by atoms with E-state index in [-0.39, 0.29) is 11.3 Å². The highest BCUT2D eigenvalue weighted by molar-refractivity contribution is 5.70. The van der Waals surface area contributed by atoms with Crippen molar-refractivity contribution in [3.8, 4) is 0 Å². The van der Waals surface area contributed by atoms with Gasteiger partial charge < -0.3 is 5.11 Å². The van der Waals surface area contributed by atoms with Gasteiger partial charge in [-0.05, 0) is 11.8 Å². The van der Waals surface area contributed by atoms with Crippen molar-refractivity contribution in [1.82, 2.24) is 14.8 Å². The molecule has 1 N–H and O–H groups in total. The molecule has 1 aliphatic heterocycles. The topological polar surface area (TPSA) is 68.0 Å². The van der Waals surface area contributed by atoms with Crippen LogP contribution in [0.2, 0.25) is 0 Å². The fraction of sp³-hybridized carbons (Fsp3) is 0.750. The minimum absolute atomic E-state index is 0.156. The van der Waals surface area contributed by atoms with Crippen molar-refractivity contribution in [2.75, 3.05) is 0 Å². The Morgan fingerprint density at radius 1 is 1.53 bits per heavy atom. The second-order valence-corrected chi connectivity index (χ2v) is 5.93. The molecule has 2 heterocycles. The predicted octanol–water partition coefficient (Wildman–Crippen LogP) is 1.51. The van der Waals surface area contributed by atoms with Crippen molar-refractivity contribution >= 4 is 5.97 Å². The molecule has 1 aromatic heterocycles. The zero-order valence-corrected chi connectivity index (χ0v) is 10.6. The van der Waals surface area contributed by atoms with E-state index in [2.05, 4.69) is 30.9 Å². The van der Waals surface area contributed by atoms with E-state index in [1.807, 2.05) is 4.68 Å². The van der Waals surface area contributed by atoms with Crippen molar-refractivity contribution in [3.05, 3.63) is 11.6 Å².